The average Bonchev–Trinajstić information content (AvgIpc) is 2.67. The van der Waals surface area contributed by atoms with Crippen LogP contribution in [-0.2, 0) is 10.0 Å². The Kier molecular flexibility index (Phi) is 7.42. The van der Waals surface area contributed by atoms with Gasteiger partial charge in [0.25, 0.3) is 0 Å². The molecule has 1 aliphatic heterocycles. The third-order valence-corrected chi connectivity index (χ3v) is 6.37. The number of nitrogens with one attached hydrogen (secondary N) is 1. The summed E-state index contributed by atoms with van der Waals surface area (Å²) >= 11 is 0. The molecule has 1 aliphatic rings. The molecule has 26 heavy (non-hydrogen) atoms. The van der Waals surface area contributed by atoms with Crippen molar-refractivity contribution in [3.8, 4) is 6.07 Å². The van der Waals surface area contributed by atoms with Gasteiger partial charge in [0.05, 0.1) is 16.5 Å². The molecule has 1 N–H and O–H groups in total. The van der Waals surface area contributed by atoms with E-state index in [-0.39, 0.29) is 24.0 Å². The minimum Gasteiger partial charge on any atom is -0.338 e. The van der Waals surface area contributed by atoms with Crippen molar-refractivity contribution in [3.05, 3.63) is 29.8 Å². The van der Waals surface area contributed by atoms with Crippen molar-refractivity contribution in [2.45, 2.75) is 37.5 Å². The zero-order valence-corrected chi connectivity index (χ0v) is 16.0. The average molecular weight is 378 g/mol. The maximum Gasteiger partial charge on any atom is 0.317 e. The van der Waals surface area contributed by atoms with Crippen molar-refractivity contribution in [1.29, 1.82) is 5.26 Å². The van der Waals surface area contributed by atoms with Gasteiger partial charge in [0.15, 0.2) is 0 Å². The minimum absolute atomic E-state index is 0.128. The van der Waals surface area contributed by atoms with E-state index in [0.29, 0.717) is 25.2 Å². The summed E-state index contributed by atoms with van der Waals surface area (Å²) < 4.78 is 26.7. The third-order valence-electron chi connectivity index (χ3n) is 4.45. The van der Waals surface area contributed by atoms with E-state index in [1.807, 2.05) is 6.07 Å². The van der Waals surface area contributed by atoms with Crippen LogP contribution in [0.2, 0.25) is 0 Å². The number of nitrogens with zero attached hydrogens (tertiary/aromatic N) is 3. The highest BCUT2D eigenvalue weighted by Crippen LogP contribution is 2.18. The van der Waals surface area contributed by atoms with Gasteiger partial charge in [0.2, 0.25) is 10.0 Å². The van der Waals surface area contributed by atoms with Crippen LogP contribution in [0.1, 0.15) is 38.2 Å². The first kappa shape index (κ1) is 20.2. The van der Waals surface area contributed by atoms with Gasteiger partial charge in [0, 0.05) is 32.7 Å². The predicted molar refractivity (Wildman–Crippen MR) is 99.0 cm³/mol. The highest BCUT2D eigenvalue weighted by molar-refractivity contribution is 7.89. The van der Waals surface area contributed by atoms with Crippen LogP contribution >= 0.6 is 0 Å². The molecule has 2 amide bonds. The van der Waals surface area contributed by atoms with Gasteiger partial charge in [-0.05, 0) is 30.7 Å². The first-order chi connectivity index (χ1) is 12.5. The summed E-state index contributed by atoms with van der Waals surface area (Å²) in [6.07, 6.45) is 4.39. The Morgan fingerprint density at radius 1 is 1.12 bits per heavy atom. The summed E-state index contributed by atoms with van der Waals surface area (Å²) in [4.78, 5) is 14.0. The molecule has 1 aromatic rings. The molecule has 1 fully saturated rings. The van der Waals surface area contributed by atoms with Gasteiger partial charge in [-0.25, -0.2) is 13.2 Å². The molecule has 0 radical (unpaired) electrons. The van der Waals surface area contributed by atoms with E-state index in [1.54, 1.807) is 4.90 Å². The highest BCUT2D eigenvalue weighted by Gasteiger charge is 2.29. The van der Waals surface area contributed by atoms with Gasteiger partial charge in [0.1, 0.15) is 0 Å². The second-order valence-corrected chi connectivity index (χ2v) is 8.26. The molecule has 0 unspecified atom stereocenters. The van der Waals surface area contributed by atoms with E-state index in [0.717, 1.165) is 19.3 Å². The topological polar surface area (TPSA) is 93.5 Å². The molecule has 0 saturated carbocycles. The third kappa shape index (κ3) is 5.19. The van der Waals surface area contributed by atoms with Crippen LogP contribution in [0.15, 0.2) is 29.2 Å². The molecule has 0 spiro atoms. The molecule has 0 atom stereocenters. The number of carbonyl (C=O) groups excluding carboxylic acids is 1. The number of urea groups is 1. The normalized spacial score (nSPS) is 15.5. The van der Waals surface area contributed by atoms with E-state index >= 15 is 0 Å². The van der Waals surface area contributed by atoms with Gasteiger partial charge in [-0.1, -0.05) is 26.2 Å². The van der Waals surface area contributed by atoms with Gasteiger partial charge in [-0.2, -0.15) is 9.57 Å². The number of benzene rings is 1. The minimum atomic E-state index is -3.60. The van der Waals surface area contributed by atoms with E-state index in [9.17, 15) is 13.2 Å². The maximum absolute atomic E-state index is 12.7. The van der Waals surface area contributed by atoms with E-state index in [2.05, 4.69) is 12.2 Å². The molecule has 0 aromatic heterocycles. The number of rotatable bonds is 7. The Morgan fingerprint density at radius 2 is 1.77 bits per heavy atom. The van der Waals surface area contributed by atoms with Gasteiger partial charge >= 0.3 is 6.03 Å². The fraction of sp³-hybridized carbons (Fsp3) is 0.556. The number of nitriles is 1. The fourth-order valence-corrected chi connectivity index (χ4v) is 4.26. The first-order valence-corrected chi connectivity index (χ1v) is 10.5. The van der Waals surface area contributed by atoms with Crippen molar-refractivity contribution >= 4 is 16.1 Å². The largest absolute Gasteiger partial charge is 0.338 e. The standard InChI is InChI=1S/C18H26N4O3S/c1-2-3-4-5-10-20-18(23)21-11-13-22(14-12-21)26(24,25)17-8-6-16(15-19)7-9-17/h6-9H,2-5,10-14H2,1H3,(H,20,23). The van der Waals surface area contributed by atoms with Gasteiger partial charge in [-0.3, -0.25) is 0 Å². The molecule has 7 nitrogen and oxygen atoms in total. The lowest BCUT2D eigenvalue weighted by Gasteiger charge is -2.34. The molecule has 2 rings (SSSR count). The SMILES string of the molecule is CCCCCCNC(=O)N1CCN(S(=O)(=O)c2ccc(C#N)cc2)CC1. The van der Waals surface area contributed by atoms with Crippen molar-refractivity contribution in [3.63, 3.8) is 0 Å². The highest BCUT2D eigenvalue weighted by atomic mass is 32.2. The van der Waals surface area contributed by atoms with Crippen LogP contribution in [0, 0.1) is 11.3 Å². The maximum atomic E-state index is 12.7. The number of carbonyl (C=O) groups is 1. The Labute approximate surface area is 155 Å². The summed E-state index contributed by atoms with van der Waals surface area (Å²) in [6.45, 7) is 4.08. The smallest absolute Gasteiger partial charge is 0.317 e. The number of unbranched alkanes of at least 4 members (excludes halogenated alkanes) is 3. The van der Waals surface area contributed by atoms with Gasteiger partial charge < -0.3 is 10.2 Å². The number of sulfonamides is 1. The van der Waals surface area contributed by atoms with Crippen molar-refractivity contribution in [1.82, 2.24) is 14.5 Å². The number of piperazine rings is 1. The quantitative estimate of drug-likeness (QED) is 0.736. The molecule has 0 aliphatic carbocycles. The van der Waals surface area contributed by atoms with Crippen LogP contribution in [0.4, 0.5) is 4.79 Å². The van der Waals surface area contributed by atoms with Crippen molar-refractivity contribution in [2.75, 3.05) is 32.7 Å². The Balaban J connectivity index is 1.85. The second-order valence-electron chi connectivity index (χ2n) is 6.32. The van der Waals surface area contributed by atoms with Crippen LogP contribution in [0.25, 0.3) is 0 Å². The molecule has 1 heterocycles. The molecule has 142 valence electrons. The molecular formula is C18H26N4O3S. The summed E-state index contributed by atoms with van der Waals surface area (Å²) in [7, 11) is -3.60. The summed E-state index contributed by atoms with van der Waals surface area (Å²) in [5, 5.41) is 11.7. The van der Waals surface area contributed by atoms with Crippen LogP contribution in [0.3, 0.4) is 0 Å². The first-order valence-electron chi connectivity index (χ1n) is 9.02. The van der Waals surface area contributed by atoms with E-state index in [4.69, 9.17) is 5.26 Å². The Bertz CT molecular complexity index is 733. The second kappa shape index (κ2) is 9.55. The van der Waals surface area contributed by atoms with E-state index in [1.165, 1.54) is 35.0 Å². The summed E-state index contributed by atoms with van der Waals surface area (Å²) in [5.41, 5.74) is 0.421. The zero-order chi connectivity index (χ0) is 19.0. The number of amides is 2. The number of hydrogen-bond donors (Lipinski definition) is 1. The monoisotopic (exact) mass is 378 g/mol. The summed E-state index contributed by atoms with van der Waals surface area (Å²) in [5.74, 6) is 0. The van der Waals surface area contributed by atoms with Crippen LogP contribution < -0.4 is 5.32 Å². The molecule has 1 aromatic carbocycles. The summed E-state index contributed by atoms with van der Waals surface area (Å²) in [6, 6.07) is 7.73. The lowest BCUT2D eigenvalue weighted by atomic mass is 10.2. The molecule has 1 saturated heterocycles. The molecule has 0 bridgehead atoms. The molecular weight excluding hydrogens is 352 g/mol. The zero-order valence-electron chi connectivity index (χ0n) is 15.1. The fourth-order valence-electron chi connectivity index (χ4n) is 2.84. The van der Waals surface area contributed by atoms with Crippen molar-refractivity contribution < 1.29 is 13.2 Å². The Hall–Kier alpha value is -2.11. The van der Waals surface area contributed by atoms with Crippen LogP contribution in [0.5, 0.6) is 0 Å². The van der Waals surface area contributed by atoms with Gasteiger partial charge in [-0.15, -0.1) is 0 Å². The van der Waals surface area contributed by atoms with E-state index < -0.39 is 10.0 Å². The Morgan fingerprint density at radius 3 is 2.35 bits per heavy atom. The lowest BCUT2D eigenvalue weighted by Crippen LogP contribution is -2.53. The molecule has 8 heteroatoms. The predicted octanol–water partition coefficient (Wildman–Crippen LogP) is 2.15. The van der Waals surface area contributed by atoms with Crippen LogP contribution in [-0.4, -0.2) is 56.4 Å². The number of hydrogen-bond acceptors (Lipinski definition) is 4. The lowest BCUT2D eigenvalue weighted by molar-refractivity contribution is 0.172. The van der Waals surface area contributed by atoms with Crippen molar-refractivity contribution in [2.24, 2.45) is 0 Å².